The Morgan fingerprint density at radius 3 is 2.47 bits per heavy atom. The lowest BCUT2D eigenvalue weighted by Gasteiger charge is -2.28. The molecule has 12 heteroatoms. The van der Waals surface area contributed by atoms with Crippen LogP contribution in [-0.2, 0) is 16.1 Å². The molecule has 1 heterocycles. The second-order valence-corrected chi connectivity index (χ2v) is 10.6. The van der Waals surface area contributed by atoms with E-state index in [4.69, 9.17) is 18.9 Å². The van der Waals surface area contributed by atoms with Crippen LogP contribution in [0.4, 0.5) is 10.5 Å². The standard InChI is InChI=1S/C35H43N5O7/c1-6-40(7-2)27-16-14-26(29(19-27)46-21-24-12-10-9-11-13-24)20-36-39-31(41)22-47-28-17-15-25(18-30(28)45-8-3)33-32(34(42)44-5)23(4)37-35(43)38-33/h9-20,31,33,39,41H,6-8,21-22H2,1-5H3,(H2,37,38,43)/b36-20+/t31-,33-/m1/s1. The number of methoxy groups -OCH3 is 1. The number of aliphatic hydroxyl groups excluding tert-OH is 1. The predicted octanol–water partition coefficient (Wildman–Crippen LogP) is 4.63. The normalized spacial score (nSPS) is 15.0. The number of ether oxygens (including phenoxy) is 4. The highest BCUT2D eigenvalue weighted by Crippen LogP contribution is 2.35. The third-order valence-electron chi connectivity index (χ3n) is 7.46. The van der Waals surface area contributed by atoms with Gasteiger partial charge in [0.1, 0.15) is 19.0 Å². The number of hydrogen-bond acceptors (Lipinski definition) is 10. The van der Waals surface area contributed by atoms with Crippen LogP contribution in [0.2, 0.25) is 0 Å². The summed E-state index contributed by atoms with van der Waals surface area (Å²) in [6, 6.07) is 19.7. The first-order valence-electron chi connectivity index (χ1n) is 15.6. The first-order chi connectivity index (χ1) is 22.8. The lowest BCUT2D eigenvalue weighted by atomic mass is 9.95. The fraction of sp³-hybridized carbons (Fsp3) is 0.343. The number of nitrogens with one attached hydrogen (secondary N) is 3. The molecule has 0 saturated carbocycles. The minimum absolute atomic E-state index is 0.147. The molecule has 12 nitrogen and oxygen atoms in total. The second kappa shape index (κ2) is 16.9. The fourth-order valence-electron chi connectivity index (χ4n) is 5.09. The number of carbonyl (C=O) groups excluding carboxylic acids is 2. The molecule has 250 valence electrons. The summed E-state index contributed by atoms with van der Waals surface area (Å²) < 4.78 is 22.8. The Balaban J connectivity index is 1.44. The number of allylic oxidation sites excluding steroid dienone is 1. The van der Waals surface area contributed by atoms with Crippen molar-refractivity contribution in [1.29, 1.82) is 0 Å². The molecule has 0 aromatic heterocycles. The molecule has 4 N–H and O–H groups in total. The van der Waals surface area contributed by atoms with Crippen molar-refractivity contribution in [3.63, 3.8) is 0 Å². The minimum Gasteiger partial charge on any atom is -0.490 e. The van der Waals surface area contributed by atoms with E-state index >= 15 is 0 Å². The van der Waals surface area contributed by atoms with Gasteiger partial charge in [0.05, 0.1) is 31.5 Å². The molecular weight excluding hydrogens is 602 g/mol. The van der Waals surface area contributed by atoms with Crippen LogP contribution >= 0.6 is 0 Å². The van der Waals surface area contributed by atoms with Gasteiger partial charge in [-0.15, -0.1) is 0 Å². The van der Waals surface area contributed by atoms with E-state index in [2.05, 4.69) is 39.9 Å². The predicted molar refractivity (Wildman–Crippen MR) is 180 cm³/mol. The number of anilines is 1. The largest absolute Gasteiger partial charge is 0.490 e. The summed E-state index contributed by atoms with van der Waals surface area (Å²) in [5.41, 5.74) is 6.79. The summed E-state index contributed by atoms with van der Waals surface area (Å²) >= 11 is 0. The summed E-state index contributed by atoms with van der Waals surface area (Å²) in [5.74, 6) is 0.845. The Bertz CT molecular complexity index is 1570. The van der Waals surface area contributed by atoms with Gasteiger partial charge in [-0.05, 0) is 63.1 Å². The Morgan fingerprint density at radius 2 is 1.77 bits per heavy atom. The zero-order valence-electron chi connectivity index (χ0n) is 27.4. The van der Waals surface area contributed by atoms with Crippen LogP contribution in [0.15, 0.2) is 83.1 Å². The van der Waals surface area contributed by atoms with Crippen LogP contribution in [-0.4, -0.2) is 63.0 Å². The van der Waals surface area contributed by atoms with Gasteiger partial charge in [0, 0.05) is 36.1 Å². The van der Waals surface area contributed by atoms with E-state index in [-0.39, 0.29) is 12.2 Å². The van der Waals surface area contributed by atoms with E-state index < -0.39 is 24.3 Å². The van der Waals surface area contributed by atoms with Gasteiger partial charge in [-0.25, -0.2) is 9.59 Å². The fourth-order valence-corrected chi connectivity index (χ4v) is 5.09. The zero-order valence-corrected chi connectivity index (χ0v) is 27.4. The van der Waals surface area contributed by atoms with Crippen LogP contribution in [0.1, 0.15) is 50.4 Å². The molecule has 0 aliphatic carbocycles. The van der Waals surface area contributed by atoms with E-state index in [1.54, 1.807) is 31.3 Å². The maximum absolute atomic E-state index is 12.5. The van der Waals surface area contributed by atoms with Crippen LogP contribution < -0.4 is 35.2 Å². The topological polar surface area (TPSA) is 143 Å². The Hall–Kier alpha value is -5.23. The maximum Gasteiger partial charge on any atom is 0.337 e. The van der Waals surface area contributed by atoms with Crippen molar-refractivity contribution >= 4 is 23.9 Å². The molecule has 3 aromatic carbocycles. The number of esters is 1. The third-order valence-corrected chi connectivity index (χ3v) is 7.46. The molecule has 47 heavy (non-hydrogen) atoms. The zero-order chi connectivity index (χ0) is 33.8. The first-order valence-corrected chi connectivity index (χ1v) is 15.6. The van der Waals surface area contributed by atoms with Crippen molar-refractivity contribution in [2.24, 2.45) is 5.10 Å². The molecular formula is C35H43N5O7. The van der Waals surface area contributed by atoms with Crippen LogP contribution in [0.25, 0.3) is 0 Å². The Labute approximate surface area is 275 Å². The number of amides is 2. The lowest BCUT2D eigenvalue weighted by molar-refractivity contribution is -0.136. The summed E-state index contributed by atoms with van der Waals surface area (Å²) in [7, 11) is 1.28. The highest BCUT2D eigenvalue weighted by atomic mass is 16.5. The van der Waals surface area contributed by atoms with Gasteiger partial charge in [0.2, 0.25) is 0 Å². The number of nitrogens with zero attached hydrogens (tertiary/aromatic N) is 2. The van der Waals surface area contributed by atoms with Crippen molar-refractivity contribution in [3.05, 3.63) is 94.7 Å². The van der Waals surface area contributed by atoms with Crippen molar-refractivity contribution in [2.75, 3.05) is 38.3 Å². The lowest BCUT2D eigenvalue weighted by Crippen LogP contribution is -2.45. The van der Waals surface area contributed by atoms with Gasteiger partial charge in [-0.1, -0.05) is 36.4 Å². The van der Waals surface area contributed by atoms with Crippen LogP contribution in [0, 0.1) is 0 Å². The monoisotopic (exact) mass is 645 g/mol. The van der Waals surface area contributed by atoms with E-state index in [0.717, 1.165) is 29.9 Å². The highest BCUT2D eigenvalue weighted by molar-refractivity contribution is 5.95. The van der Waals surface area contributed by atoms with Gasteiger partial charge in [0.25, 0.3) is 0 Å². The van der Waals surface area contributed by atoms with Crippen molar-refractivity contribution in [3.8, 4) is 17.2 Å². The van der Waals surface area contributed by atoms with E-state index in [1.807, 2.05) is 55.5 Å². The molecule has 0 radical (unpaired) electrons. The van der Waals surface area contributed by atoms with Crippen molar-refractivity contribution < 1.29 is 33.6 Å². The van der Waals surface area contributed by atoms with Gasteiger partial charge < -0.3 is 39.6 Å². The highest BCUT2D eigenvalue weighted by Gasteiger charge is 2.32. The van der Waals surface area contributed by atoms with Crippen molar-refractivity contribution in [2.45, 2.75) is 46.6 Å². The maximum atomic E-state index is 12.5. The molecule has 4 rings (SSSR count). The number of urea groups is 1. The molecule has 0 spiro atoms. The first kappa shape index (κ1) is 34.6. The third kappa shape index (κ3) is 9.17. The quantitative estimate of drug-likeness (QED) is 0.0759. The summed E-state index contributed by atoms with van der Waals surface area (Å²) in [6.45, 7) is 9.99. The summed E-state index contributed by atoms with van der Waals surface area (Å²) in [4.78, 5) is 26.9. The molecule has 2 amide bonds. The smallest absolute Gasteiger partial charge is 0.337 e. The Kier molecular flexibility index (Phi) is 12.5. The number of hydrogen-bond donors (Lipinski definition) is 4. The van der Waals surface area contributed by atoms with Gasteiger partial charge in [0.15, 0.2) is 17.7 Å². The molecule has 3 aromatic rings. The van der Waals surface area contributed by atoms with Gasteiger partial charge in [-0.3, -0.25) is 5.43 Å². The van der Waals surface area contributed by atoms with Crippen LogP contribution in [0.5, 0.6) is 17.2 Å². The van der Waals surface area contributed by atoms with Gasteiger partial charge >= 0.3 is 12.0 Å². The molecule has 0 unspecified atom stereocenters. The number of hydrazone groups is 1. The number of carbonyl (C=O) groups is 2. The van der Waals surface area contributed by atoms with E-state index in [9.17, 15) is 14.7 Å². The van der Waals surface area contributed by atoms with E-state index in [0.29, 0.717) is 41.7 Å². The molecule has 1 aliphatic heterocycles. The van der Waals surface area contributed by atoms with Gasteiger partial charge in [-0.2, -0.15) is 5.10 Å². The Morgan fingerprint density at radius 1 is 1.00 bits per heavy atom. The molecule has 0 bridgehead atoms. The molecule has 1 aliphatic rings. The van der Waals surface area contributed by atoms with E-state index in [1.165, 1.54) is 7.11 Å². The van der Waals surface area contributed by atoms with Crippen LogP contribution in [0.3, 0.4) is 0 Å². The molecule has 2 atom stereocenters. The SMILES string of the molecule is CCOc1cc([C@H]2NC(=O)NC(C)=C2C(=O)OC)ccc1OC[C@@H](O)N/N=C/c1ccc(N(CC)CC)cc1OCc1ccccc1. The molecule has 0 fully saturated rings. The number of benzene rings is 3. The summed E-state index contributed by atoms with van der Waals surface area (Å²) in [6.07, 6.45) is 0.446. The number of aliphatic hydroxyl groups is 1. The number of rotatable bonds is 16. The average Bonchev–Trinajstić information content (AvgIpc) is 3.08. The average molecular weight is 646 g/mol. The molecule has 0 saturated heterocycles. The minimum atomic E-state index is -1.15. The second-order valence-electron chi connectivity index (χ2n) is 10.6. The van der Waals surface area contributed by atoms with Crippen molar-refractivity contribution in [1.82, 2.24) is 16.1 Å². The summed E-state index contributed by atoms with van der Waals surface area (Å²) in [5, 5.41) is 20.2.